The van der Waals surface area contributed by atoms with E-state index >= 15 is 0 Å². The lowest BCUT2D eigenvalue weighted by molar-refractivity contribution is -0.131. The van der Waals surface area contributed by atoms with E-state index in [1.54, 1.807) is 7.05 Å². The number of carbonyl (C=O) groups is 2. The first-order valence-corrected chi connectivity index (χ1v) is 11.2. The van der Waals surface area contributed by atoms with Gasteiger partial charge in [0.25, 0.3) is 0 Å². The minimum atomic E-state index is -0.0171. The van der Waals surface area contributed by atoms with Crippen molar-refractivity contribution in [3.05, 3.63) is 0 Å². The molecule has 1 saturated carbocycles. The fourth-order valence-corrected chi connectivity index (χ4v) is 5.28. The molecule has 3 rings (SSSR count). The Hall–Kier alpha value is -1.35. The molecule has 0 aromatic carbocycles. The van der Waals surface area contributed by atoms with Gasteiger partial charge >= 0.3 is 0 Å². The maximum Gasteiger partial charge on any atom is 0.230 e. The molecule has 2 heterocycles. The van der Waals surface area contributed by atoms with E-state index in [0.29, 0.717) is 18.1 Å². The molecule has 9 heteroatoms. The lowest BCUT2D eigenvalue weighted by Gasteiger charge is -2.34. The Kier molecular flexibility index (Phi) is 7.13. The zero-order chi connectivity index (χ0) is 18.4. The van der Waals surface area contributed by atoms with E-state index in [2.05, 4.69) is 20.4 Å². The number of rotatable bonds is 7. The third-order valence-corrected chi connectivity index (χ3v) is 7.26. The summed E-state index contributed by atoms with van der Waals surface area (Å²) in [7, 11) is 1.63. The molecule has 0 unspecified atom stereocenters. The van der Waals surface area contributed by atoms with Crippen LogP contribution >= 0.6 is 23.1 Å². The van der Waals surface area contributed by atoms with Gasteiger partial charge in [0.1, 0.15) is 0 Å². The third-order valence-electron chi connectivity index (χ3n) is 5.15. The fourth-order valence-electron chi connectivity index (χ4n) is 3.52. The van der Waals surface area contributed by atoms with E-state index in [0.717, 1.165) is 48.0 Å². The van der Waals surface area contributed by atoms with Crippen LogP contribution in [0.5, 0.6) is 0 Å². The molecular weight excluding hydrogens is 370 g/mol. The van der Waals surface area contributed by atoms with Crippen molar-refractivity contribution in [3.63, 3.8) is 0 Å². The first kappa shape index (κ1) is 19.4. The van der Waals surface area contributed by atoms with Gasteiger partial charge < -0.3 is 15.1 Å². The maximum absolute atomic E-state index is 12.4. The Morgan fingerprint density at radius 1 is 1.19 bits per heavy atom. The topological polar surface area (TPSA) is 78.4 Å². The molecule has 1 aromatic heterocycles. The number of hydrogen-bond donors (Lipinski definition) is 1. The lowest BCUT2D eigenvalue weighted by atomic mass is 10.0. The van der Waals surface area contributed by atoms with Crippen LogP contribution in [0.25, 0.3) is 0 Å². The Morgan fingerprint density at radius 3 is 2.62 bits per heavy atom. The fraction of sp³-hybridized carbons (Fsp3) is 0.765. The average Bonchev–Trinajstić information content (AvgIpc) is 3.36. The number of aromatic nitrogens is 2. The zero-order valence-electron chi connectivity index (χ0n) is 15.3. The van der Waals surface area contributed by atoms with Crippen LogP contribution in [0.2, 0.25) is 0 Å². The molecule has 0 atom stereocenters. The molecule has 26 heavy (non-hydrogen) atoms. The first-order chi connectivity index (χ1) is 12.7. The maximum atomic E-state index is 12.4. The van der Waals surface area contributed by atoms with E-state index in [-0.39, 0.29) is 5.91 Å². The van der Waals surface area contributed by atoms with Gasteiger partial charge in [0.05, 0.1) is 5.75 Å². The smallest absolute Gasteiger partial charge is 0.230 e. The van der Waals surface area contributed by atoms with E-state index in [4.69, 9.17) is 0 Å². The summed E-state index contributed by atoms with van der Waals surface area (Å²) >= 11 is 2.92. The number of anilines is 1. The molecule has 1 aliphatic carbocycles. The normalized spacial score (nSPS) is 18.3. The minimum absolute atomic E-state index is 0.0171. The second-order valence-electron chi connectivity index (χ2n) is 6.87. The molecule has 144 valence electrons. The van der Waals surface area contributed by atoms with Crippen molar-refractivity contribution in [2.45, 2.75) is 42.9 Å². The summed E-state index contributed by atoms with van der Waals surface area (Å²) in [4.78, 5) is 27.9. The highest BCUT2D eigenvalue weighted by Gasteiger charge is 2.24. The van der Waals surface area contributed by atoms with E-state index in [1.807, 2.05) is 4.90 Å². The molecule has 0 radical (unpaired) electrons. The second-order valence-corrected chi connectivity index (χ2v) is 9.05. The van der Waals surface area contributed by atoms with Crippen molar-refractivity contribution in [1.29, 1.82) is 0 Å². The SMILES string of the molecule is CNC(=O)CSc1nnc(N2CCN(C(=O)CCC3CCCC3)CC2)s1. The van der Waals surface area contributed by atoms with Gasteiger partial charge in [0.15, 0.2) is 4.34 Å². The van der Waals surface area contributed by atoms with Crippen LogP contribution in [0.4, 0.5) is 5.13 Å². The Morgan fingerprint density at radius 2 is 1.92 bits per heavy atom. The summed E-state index contributed by atoms with van der Waals surface area (Å²) in [6.07, 6.45) is 7.04. The number of thioether (sulfide) groups is 1. The van der Waals surface area contributed by atoms with Crippen molar-refractivity contribution in [1.82, 2.24) is 20.4 Å². The molecule has 1 aliphatic heterocycles. The number of piperazine rings is 1. The molecule has 0 spiro atoms. The van der Waals surface area contributed by atoms with Crippen molar-refractivity contribution >= 4 is 40.0 Å². The van der Waals surface area contributed by atoms with Gasteiger partial charge in [-0.25, -0.2) is 0 Å². The molecule has 7 nitrogen and oxygen atoms in total. The van der Waals surface area contributed by atoms with Crippen molar-refractivity contribution in [2.75, 3.05) is 43.9 Å². The number of nitrogens with zero attached hydrogens (tertiary/aromatic N) is 4. The van der Waals surface area contributed by atoms with Gasteiger partial charge in [-0.3, -0.25) is 9.59 Å². The van der Waals surface area contributed by atoms with Gasteiger partial charge in [-0.15, -0.1) is 10.2 Å². The lowest BCUT2D eigenvalue weighted by Crippen LogP contribution is -2.48. The number of carbonyl (C=O) groups excluding carboxylic acids is 2. The Labute approximate surface area is 162 Å². The minimum Gasteiger partial charge on any atom is -0.358 e. The van der Waals surface area contributed by atoms with E-state index in [9.17, 15) is 9.59 Å². The largest absolute Gasteiger partial charge is 0.358 e. The molecule has 2 amide bonds. The van der Waals surface area contributed by atoms with Crippen LogP contribution in [0, 0.1) is 5.92 Å². The second kappa shape index (κ2) is 9.55. The van der Waals surface area contributed by atoms with Crippen molar-refractivity contribution < 1.29 is 9.59 Å². The summed E-state index contributed by atoms with van der Waals surface area (Å²) < 4.78 is 0.804. The summed E-state index contributed by atoms with van der Waals surface area (Å²) in [6.45, 7) is 3.10. The van der Waals surface area contributed by atoms with Crippen LogP contribution in [-0.4, -0.2) is 65.9 Å². The van der Waals surface area contributed by atoms with Gasteiger partial charge in [-0.2, -0.15) is 0 Å². The highest BCUT2D eigenvalue weighted by molar-refractivity contribution is 8.01. The van der Waals surface area contributed by atoms with E-state index in [1.165, 1.54) is 48.8 Å². The van der Waals surface area contributed by atoms with E-state index < -0.39 is 0 Å². The highest BCUT2D eigenvalue weighted by atomic mass is 32.2. The number of nitrogens with one attached hydrogen (secondary N) is 1. The average molecular weight is 398 g/mol. The van der Waals surface area contributed by atoms with Gasteiger partial charge in [-0.1, -0.05) is 48.8 Å². The van der Waals surface area contributed by atoms with Crippen molar-refractivity contribution in [2.24, 2.45) is 5.92 Å². The summed E-state index contributed by atoms with van der Waals surface area (Å²) in [5.41, 5.74) is 0. The summed E-state index contributed by atoms with van der Waals surface area (Å²) in [6, 6.07) is 0. The van der Waals surface area contributed by atoms with Gasteiger partial charge in [-0.05, 0) is 12.3 Å². The summed E-state index contributed by atoms with van der Waals surface area (Å²) in [5.74, 6) is 1.41. The predicted octanol–water partition coefficient (Wildman–Crippen LogP) is 2.00. The molecule has 1 N–H and O–H groups in total. The Bertz CT molecular complexity index is 610. The van der Waals surface area contributed by atoms with Crippen molar-refractivity contribution in [3.8, 4) is 0 Å². The number of hydrogen-bond acceptors (Lipinski definition) is 7. The monoisotopic (exact) mass is 397 g/mol. The predicted molar refractivity (Wildman–Crippen MR) is 105 cm³/mol. The van der Waals surface area contributed by atoms with Gasteiger partial charge in [0, 0.05) is 39.6 Å². The standard InChI is InChI=1S/C17H27N5O2S2/c1-18-14(23)12-25-17-20-19-16(26-17)22-10-8-21(9-11-22)15(24)7-6-13-4-2-3-5-13/h13H,2-12H2,1H3,(H,18,23). The number of amides is 2. The molecule has 0 bridgehead atoms. The third kappa shape index (κ3) is 5.33. The Balaban J connectivity index is 1.41. The molecular formula is C17H27N5O2S2. The summed E-state index contributed by atoms with van der Waals surface area (Å²) in [5, 5.41) is 11.9. The molecule has 1 aromatic rings. The first-order valence-electron chi connectivity index (χ1n) is 9.35. The quantitative estimate of drug-likeness (QED) is 0.709. The molecule has 2 aliphatic rings. The molecule has 1 saturated heterocycles. The highest BCUT2D eigenvalue weighted by Crippen LogP contribution is 2.30. The van der Waals surface area contributed by atoms with Crippen LogP contribution in [0.15, 0.2) is 4.34 Å². The van der Waals surface area contributed by atoms with Crippen LogP contribution in [0.1, 0.15) is 38.5 Å². The zero-order valence-corrected chi connectivity index (χ0v) is 16.9. The van der Waals surface area contributed by atoms with Crippen LogP contribution in [-0.2, 0) is 9.59 Å². The molecule has 2 fully saturated rings. The van der Waals surface area contributed by atoms with Crippen LogP contribution in [0.3, 0.4) is 0 Å². The van der Waals surface area contributed by atoms with Gasteiger partial charge in [0.2, 0.25) is 16.9 Å². The van der Waals surface area contributed by atoms with Crippen LogP contribution < -0.4 is 10.2 Å².